The molecule has 1 aliphatic heterocycles. The Morgan fingerprint density at radius 2 is 2.00 bits per heavy atom. The first-order valence-corrected chi connectivity index (χ1v) is 7.21. The van der Waals surface area contributed by atoms with Gasteiger partial charge in [0.05, 0.1) is 18.4 Å². The molecule has 0 saturated carbocycles. The van der Waals surface area contributed by atoms with Crippen LogP contribution in [0.25, 0.3) is 0 Å². The van der Waals surface area contributed by atoms with E-state index in [9.17, 15) is 5.26 Å². The summed E-state index contributed by atoms with van der Waals surface area (Å²) in [6, 6.07) is 18.6. The lowest BCUT2D eigenvalue weighted by molar-refractivity contribution is 0.0553. The van der Waals surface area contributed by atoms with E-state index in [1.807, 2.05) is 30.3 Å². The SMILES string of the molecule is CC1Cc2ccc(C#N)cc2C(c2ccccc2)OCN1. The van der Waals surface area contributed by atoms with Crippen LogP contribution in [0.2, 0.25) is 0 Å². The smallest absolute Gasteiger partial charge is 0.110 e. The van der Waals surface area contributed by atoms with Crippen molar-refractivity contribution in [1.29, 1.82) is 5.26 Å². The van der Waals surface area contributed by atoms with Gasteiger partial charge in [-0.3, -0.25) is 5.32 Å². The molecule has 2 aromatic carbocycles. The normalized spacial score (nSPS) is 21.7. The third-order valence-corrected chi connectivity index (χ3v) is 3.87. The minimum atomic E-state index is -0.130. The van der Waals surface area contributed by atoms with Crippen molar-refractivity contribution < 1.29 is 4.74 Å². The van der Waals surface area contributed by atoms with Crippen LogP contribution in [-0.4, -0.2) is 12.8 Å². The van der Waals surface area contributed by atoms with Crippen LogP contribution in [0.5, 0.6) is 0 Å². The van der Waals surface area contributed by atoms with Crippen LogP contribution in [0.4, 0.5) is 0 Å². The minimum Gasteiger partial charge on any atom is -0.354 e. The average Bonchev–Trinajstić information content (AvgIpc) is 2.51. The molecule has 2 aromatic rings. The zero-order chi connectivity index (χ0) is 14.7. The number of hydrogen-bond acceptors (Lipinski definition) is 3. The highest BCUT2D eigenvalue weighted by atomic mass is 16.5. The van der Waals surface area contributed by atoms with Crippen molar-refractivity contribution in [3.05, 3.63) is 70.8 Å². The lowest BCUT2D eigenvalue weighted by atomic mass is 9.91. The fraction of sp³-hybridized carbons (Fsp3) is 0.278. The van der Waals surface area contributed by atoms with Crippen LogP contribution in [0, 0.1) is 11.3 Å². The topological polar surface area (TPSA) is 45.0 Å². The van der Waals surface area contributed by atoms with E-state index in [1.165, 1.54) is 5.56 Å². The summed E-state index contributed by atoms with van der Waals surface area (Å²) in [5, 5.41) is 12.5. The van der Waals surface area contributed by atoms with Gasteiger partial charge in [-0.25, -0.2) is 0 Å². The average molecular weight is 278 g/mol. The third-order valence-electron chi connectivity index (χ3n) is 3.87. The van der Waals surface area contributed by atoms with Crippen LogP contribution in [-0.2, 0) is 11.2 Å². The van der Waals surface area contributed by atoms with Crippen molar-refractivity contribution in [1.82, 2.24) is 5.32 Å². The maximum Gasteiger partial charge on any atom is 0.110 e. The predicted molar refractivity (Wildman–Crippen MR) is 81.7 cm³/mol. The highest BCUT2D eigenvalue weighted by Crippen LogP contribution is 2.31. The van der Waals surface area contributed by atoms with Gasteiger partial charge < -0.3 is 4.74 Å². The van der Waals surface area contributed by atoms with Gasteiger partial charge in [0.15, 0.2) is 0 Å². The second kappa shape index (κ2) is 6.09. The first kappa shape index (κ1) is 13.8. The number of nitrogens with zero attached hydrogens (tertiary/aromatic N) is 1. The fourth-order valence-electron chi connectivity index (χ4n) is 2.76. The Balaban J connectivity index is 2.10. The largest absolute Gasteiger partial charge is 0.354 e. The summed E-state index contributed by atoms with van der Waals surface area (Å²) in [5.74, 6) is 0. The Morgan fingerprint density at radius 1 is 1.19 bits per heavy atom. The third kappa shape index (κ3) is 2.97. The van der Waals surface area contributed by atoms with Gasteiger partial charge in [-0.05, 0) is 42.2 Å². The van der Waals surface area contributed by atoms with Crippen molar-refractivity contribution in [3.63, 3.8) is 0 Å². The molecule has 3 heteroatoms. The van der Waals surface area contributed by atoms with Crippen LogP contribution in [0.1, 0.15) is 35.3 Å². The van der Waals surface area contributed by atoms with E-state index in [1.54, 1.807) is 0 Å². The quantitative estimate of drug-likeness (QED) is 0.871. The predicted octanol–water partition coefficient (Wildman–Crippen LogP) is 3.16. The number of hydrogen-bond donors (Lipinski definition) is 1. The van der Waals surface area contributed by atoms with Gasteiger partial charge in [0.1, 0.15) is 6.10 Å². The van der Waals surface area contributed by atoms with E-state index in [0.717, 1.165) is 17.5 Å². The molecule has 0 aromatic heterocycles. The van der Waals surface area contributed by atoms with E-state index in [0.29, 0.717) is 18.3 Å². The Morgan fingerprint density at radius 3 is 2.76 bits per heavy atom. The van der Waals surface area contributed by atoms with Crippen LogP contribution < -0.4 is 5.32 Å². The maximum absolute atomic E-state index is 9.17. The van der Waals surface area contributed by atoms with Crippen molar-refractivity contribution >= 4 is 0 Å². The molecule has 21 heavy (non-hydrogen) atoms. The van der Waals surface area contributed by atoms with Crippen molar-refractivity contribution in [3.8, 4) is 6.07 Å². The molecule has 0 spiro atoms. The summed E-state index contributed by atoms with van der Waals surface area (Å²) in [6.07, 6.45) is 0.808. The summed E-state index contributed by atoms with van der Waals surface area (Å²) >= 11 is 0. The second-order valence-electron chi connectivity index (χ2n) is 5.44. The fourth-order valence-corrected chi connectivity index (χ4v) is 2.76. The van der Waals surface area contributed by atoms with E-state index in [2.05, 4.69) is 36.5 Å². The summed E-state index contributed by atoms with van der Waals surface area (Å²) in [4.78, 5) is 0. The molecule has 0 fully saturated rings. The molecule has 0 aliphatic carbocycles. The standard InChI is InChI=1S/C18H18N2O/c1-13-9-16-8-7-14(11-19)10-17(16)18(21-12-20-13)15-5-3-2-4-6-15/h2-8,10,13,18,20H,9,12H2,1H3. The van der Waals surface area contributed by atoms with E-state index >= 15 is 0 Å². The van der Waals surface area contributed by atoms with E-state index in [-0.39, 0.29) is 6.10 Å². The van der Waals surface area contributed by atoms with Gasteiger partial charge in [0.25, 0.3) is 0 Å². The number of nitrogens with one attached hydrogen (secondary N) is 1. The molecule has 2 atom stereocenters. The molecule has 2 unspecified atom stereocenters. The van der Waals surface area contributed by atoms with Crippen molar-refractivity contribution in [2.45, 2.75) is 25.5 Å². The highest BCUT2D eigenvalue weighted by molar-refractivity contribution is 5.43. The van der Waals surface area contributed by atoms with E-state index in [4.69, 9.17) is 4.74 Å². The summed E-state index contributed by atoms with van der Waals surface area (Å²) < 4.78 is 6.04. The number of benzene rings is 2. The molecule has 1 N–H and O–H groups in total. The molecule has 3 nitrogen and oxygen atoms in total. The van der Waals surface area contributed by atoms with Crippen molar-refractivity contribution in [2.75, 3.05) is 6.73 Å². The molecule has 1 aliphatic rings. The molecule has 1 heterocycles. The summed E-state index contributed by atoms with van der Waals surface area (Å²) in [7, 11) is 0. The van der Waals surface area contributed by atoms with Crippen LogP contribution >= 0.6 is 0 Å². The van der Waals surface area contributed by atoms with Gasteiger partial charge in [0, 0.05) is 6.04 Å². The van der Waals surface area contributed by atoms with Gasteiger partial charge in [-0.2, -0.15) is 5.26 Å². The van der Waals surface area contributed by atoms with E-state index < -0.39 is 0 Å². The van der Waals surface area contributed by atoms with Crippen molar-refractivity contribution in [2.24, 2.45) is 0 Å². The Bertz CT molecular complexity index is 661. The van der Waals surface area contributed by atoms with Crippen LogP contribution in [0.15, 0.2) is 48.5 Å². The summed E-state index contributed by atoms with van der Waals surface area (Å²) in [5.41, 5.74) is 4.14. The van der Waals surface area contributed by atoms with Gasteiger partial charge in [-0.15, -0.1) is 0 Å². The van der Waals surface area contributed by atoms with Gasteiger partial charge >= 0.3 is 0 Å². The first-order valence-electron chi connectivity index (χ1n) is 7.21. The summed E-state index contributed by atoms with van der Waals surface area (Å²) in [6.45, 7) is 2.66. The zero-order valence-corrected chi connectivity index (χ0v) is 12.0. The van der Waals surface area contributed by atoms with Gasteiger partial charge in [-0.1, -0.05) is 36.4 Å². The number of ether oxygens (including phenoxy) is 1. The molecule has 3 rings (SSSR count). The van der Waals surface area contributed by atoms with Gasteiger partial charge in [0.2, 0.25) is 0 Å². The first-order chi connectivity index (χ1) is 10.3. The number of rotatable bonds is 1. The number of fused-ring (bicyclic) bond motifs is 1. The Labute approximate surface area is 125 Å². The Kier molecular flexibility index (Phi) is 4.01. The minimum absolute atomic E-state index is 0.130. The molecule has 0 bridgehead atoms. The molecule has 0 amide bonds. The molecular weight excluding hydrogens is 260 g/mol. The lowest BCUT2D eigenvalue weighted by Crippen LogP contribution is -2.34. The lowest BCUT2D eigenvalue weighted by Gasteiger charge is -2.27. The zero-order valence-electron chi connectivity index (χ0n) is 12.0. The maximum atomic E-state index is 9.17. The monoisotopic (exact) mass is 278 g/mol. The number of nitriles is 1. The van der Waals surface area contributed by atoms with Crippen LogP contribution in [0.3, 0.4) is 0 Å². The Hall–Kier alpha value is -2.15. The highest BCUT2D eigenvalue weighted by Gasteiger charge is 2.22. The molecule has 0 saturated heterocycles. The molecule has 106 valence electrons. The molecular formula is C18H18N2O. The second-order valence-corrected chi connectivity index (χ2v) is 5.44. The molecule has 0 radical (unpaired) electrons.